The van der Waals surface area contributed by atoms with Crippen LogP contribution >= 0.6 is 0 Å². The molecule has 3 nitrogen and oxygen atoms in total. The molecule has 0 bridgehead atoms. The van der Waals surface area contributed by atoms with Gasteiger partial charge >= 0.3 is 0 Å². The van der Waals surface area contributed by atoms with Crippen LogP contribution in [0.15, 0.2) is 24.3 Å². The fourth-order valence-corrected chi connectivity index (χ4v) is 1.57. The quantitative estimate of drug-likeness (QED) is 0.896. The lowest BCUT2D eigenvalue weighted by Crippen LogP contribution is -2.48. The first-order valence-electron chi connectivity index (χ1n) is 5.97. The number of nitrogens with two attached hydrogens (primary N) is 1. The van der Waals surface area contributed by atoms with E-state index in [1.165, 1.54) is 11.0 Å². The first-order chi connectivity index (χ1) is 8.23. The van der Waals surface area contributed by atoms with Crippen LogP contribution in [0.5, 0.6) is 0 Å². The van der Waals surface area contributed by atoms with E-state index in [1.807, 2.05) is 20.8 Å². The molecule has 2 N–H and O–H groups in total. The van der Waals surface area contributed by atoms with Crippen LogP contribution < -0.4 is 5.73 Å². The Balaban J connectivity index is 2.75. The van der Waals surface area contributed by atoms with Gasteiger partial charge in [-0.3, -0.25) is 4.79 Å². The van der Waals surface area contributed by atoms with Gasteiger partial charge in [-0.15, -0.1) is 0 Å². The fourth-order valence-electron chi connectivity index (χ4n) is 1.57. The van der Waals surface area contributed by atoms with E-state index in [0.717, 1.165) is 0 Å². The summed E-state index contributed by atoms with van der Waals surface area (Å²) in [5, 5.41) is 0. The van der Waals surface area contributed by atoms with Crippen LogP contribution in [0, 0.1) is 11.2 Å². The molecule has 0 aliphatic carbocycles. The van der Waals surface area contributed by atoms with Gasteiger partial charge in [-0.25, -0.2) is 4.39 Å². The van der Waals surface area contributed by atoms with Crippen molar-refractivity contribution in [2.45, 2.75) is 33.4 Å². The van der Waals surface area contributed by atoms with E-state index < -0.39 is 6.04 Å². The van der Waals surface area contributed by atoms with Crippen LogP contribution in [-0.4, -0.2) is 23.9 Å². The molecule has 0 saturated carbocycles. The van der Waals surface area contributed by atoms with Crippen LogP contribution in [0.2, 0.25) is 0 Å². The van der Waals surface area contributed by atoms with Crippen molar-refractivity contribution in [1.29, 1.82) is 0 Å². The summed E-state index contributed by atoms with van der Waals surface area (Å²) in [7, 11) is 1.64. The molecular formula is C14H21FN2O. The number of carbonyl (C=O) groups excluding carboxylic acids is 1. The van der Waals surface area contributed by atoms with Gasteiger partial charge in [0.15, 0.2) is 0 Å². The van der Waals surface area contributed by atoms with Gasteiger partial charge in [-0.2, -0.15) is 0 Å². The highest BCUT2D eigenvalue weighted by atomic mass is 19.1. The number of halogens is 1. The van der Waals surface area contributed by atoms with E-state index in [2.05, 4.69) is 0 Å². The Morgan fingerprint density at radius 3 is 2.44 bits per heavy atom. The number of hydrogen-bond donors (Lipinski definition) is 1. The fraction of sp³-hybridized carbons (Fsp3) is 0.500. The average Bonchev–Trinajstić information content (AvgIpc) is 2.29. The highest BCUT2D eigenvalue weighted by molar-refractivity contribution is 5.82. The average molecular weight is 252 g/mol. The van der Waals surface area contributed by atoms with Gasteiger partial charge in [-0.05, 0) is 11.5 Å². The zero-order valence-corrected chi connectivity index (χ0v) is 11.4. The number of nitrogens with zero attached hydrogens (tertiary/aromatic N) is 1. The van der Waals surface area contributed by atoms with Gasteiger partial charge in [0.25, 0.3) is 0 Å². The Morgan fingerprint density at radius 1 is 1.39 bits per heavy atom. The summed E-state index contributed by atoms with van der Waals surface area (Å²) < 4.78 is 13.5. The maximum atomic E-state index is 13.5. The van der Waals surface area contributed by atoms with Crippen LogP contribution in [0.4, 0.5) is 4.39 Å². The molecule has 0 heterocycles. The molecule has 0 unspecified atom stereocenters. The predicted octanol–water partition coefficient (Wildman–Crippen LogP) is 2.16. The molecule has 0 spiro atoms. The maximum Gasteiger partial charge on any atom is 0.240 e. The molecule has 4 heteroatoms. The summed E-state index contributed by atoms with van der Waals surface area (Å²) in [6, 6.07) is 5.84. The largest absolute Gasteiger partial charge is 0.340 e. The second-order valence-corrected chi connectivity index (χ2v) is 5.63. The van der Waals surface area contributed by atoms with Crippen molar-refractivity contribution < 1.29 is 9.18 Å². The minimum atomic E-state index is -0.589. The van der Waals surface area contributed by atoms with Gasteiger partial charge in [0, 0.05) is 19.2 Å². The Labute approximate surface area is 108 Å². The molecule has 1 amide bonds. The number of carbonyl (C=O) groups is 1. The van der Waals surface area contributed by atoms with E-state index in [0.29, 0.717) is 5.56 Å². The topological polar surface area (TPSA) is 46.3 Å². The van der Waals surface area contributed by atoms with Crippen molar-refractivity contribution in [3.05, 3.63) is 35.6 Å². The highest BCUT2D eigenvalue weighted by Gasteiger charge is 2.29. The van der Waals surface area contributed by atoms with Gasteiger partial charge in [0.05, 0.1) is 6.04 Å². The Kier molecular flexibility index (Phi) is 4.46. The molecule has 1 atom stereocenters. The lowest BCUT2D eigenvalue weighted by molar-refractivity contribution is -0.134. The van der Waals surface area contributed by atoms with Gasteiger partial charge in [0.1, 0.15) is 5.82 Å². The summed E-state index contributed by atoms with van der Waals surface area (Å²) in [6.45, 7) is 5.96. The van der Waals surface area contributed by atoms with Gasteiger partial charge in [-0.1, -0.05) is 39.0 Å². The summed E-state index contributed by atoms with van der Waals surface area (Å²) in [6.07, 6.45) is 0. The van der Waals surface area contributed by atoms with E-state index in [4.69, 9.17) is 5.73 Å². The summed E-state index contributed by atoms with van der Waals surface area (Å²) in [5.74, 6) is -0.479. The smallest absolute Gasteiger partial charge is 0.240 e. The molecule has 1 rings (SSSR count). The Bertz CT molecular complexity index is 426. The zero-order valence-electron chi connectivity index (χ0n) is 11.4. The van der Waals surface area contributed by atoms with Crippen molar-refractivity contribution >= 4 is 5.91 Å². The minimum Gasteiger partial charge on any atom is -0.340 e. The molecule has 0 fully saturated rings. The maximum absolute atomic E-state index is 13.5. The first-order valence-corrected chi connectivity index (χ1v) is 5.97. The molecule has 0 radical (unpaired) electrons. The molecule has 1 aromatic carbocycles. The highest BCUT2D eigenvalue weighted by Crippen LogP contribution is 2.19. The van der Waals surface area contributed by atoms with Crippen LogP contribution in [0.1, 0.15) is 26.3 Å². The monoisotopic (exact) mass is 252 g/mol. The molecule has 0 aliphatic rings. The Hall–Kier alpha value is -1.42. The molecular weight excluding hydrogens is 231 g/mol. The SMILES string of the molecule is CN(Cc1ccccc1F)C(=O)[C@H](N)C(C)(C)C. The van der Waals surface area contributed by atoms with Crippen LogP contribution in [0.25, 0.3) is 0 Å². The van der Waals surface area contributed by atoms with E-state index in [-0.39, 0.29) is 23.7 Å². The van der Waals surface area contributed by atoms with E-state index >= 15 is 0 Å². The number of amides is 1. The van der Waals surface area contributed by atoms with Crippen molar-refractivity contribution in [1.82, 2.24) is 4.90 Å². The third-order valence-electron chi connectivity index (χ3n) is 2.94. The molecule has 18 heavy (non-hydrogen) atoms. The van der Waals surface area contributed by atoms with E-state index in [1.54, 1.807) is 25.2 Å². The molecule has 100 valence electrons. The summed E-state index contributed by atoms with van der Waals surface area (Å²) >= 11 is 0. The number of likely N-dealkylation sites (N-methyl/N-ethyl adjacent to an activating group) is 1. The second kappa shape index (κ2) is 5.48. The standard InChI is InChI=1S/C14H21FN2O/c1-14(2,3)12(16)13(18)17(4)9-10-7-5-6-8-11(10)15/h5-8,12H,9,16H2,1-4H3/t12-/m0/s1. The van der Waals surface area contributed by atoms with Crippen molar-refractivity contribution in [3.8, 4) is 0 Å². The molecule has 0 saturated heterocycles. The molecule has 0 aromatic heterocycles. The number of hydrogen-bond acceptors (Lipinski definition) is 2. The number of rotatable bonds is 3. The van der Waals surface area contributed by atoms with Crippen molar-refractivity contribution in [3.63, 3.8) is 0 Å². The predicted molar refractivity (Wildman–Crippen MR) is 70.3 cm³/mol. The second-order valence-electron chi connectivity index (χ2n) is 5.63. The van der Waals surface area contributed by atoms with Crippen molar-refractivity contribution in [2.24, 2.45) is 11.1 Å². The zero-order chi connectivity index (χ0) is 13.9. The molecule has 0 aliphatic heterocycles. The van der Waals surface area contributed by atoms with E-state index in [9.17, 15) is 9.18 Å². The van der Waals surface area contributed by atoms with Gasteiger partial charge in [0.2, 0.25) is 5.91 Å². The summed E-state index contributed by atoms with van der Waals surface area (Å²) in [5.41, 5.74) is 6.09. The summed E-state index contributed by atoms with van der Waals surface area (Å²) in [4.78, 5) is 13.6. The number of benzene rings is 1. The first kappa shape index (κ1) is 14.6. The normalized spacial score (nSPS) is 13.2. The Morgan fingerprint density at radius 2 is 1.94 bits per heavy atom. The van der Waals surface area contributed by atoms with Crippen LogP contribution in [0.3, 0.4) is 0 Å². The third kappa shape index (κ3) is 3.53. The lowest BCUT2D eigenvalue weighted by atomic mass is 9.86. The van der Waals surface area contributed by atoms with Gasteiger partial charge < -0.3 is 10.6 Å². The lowest BCUT2D eigenvalue weighted by Gasteiger charge is -2.30. The van der Waals surface area contributed by atoms with Crippen LogP contribution in [-0.2, 0) is 11.3 Å². The minimum absolute atomic E-state index is 0.175. The molecule has 1 aromatic rings. The third-order valence-corrected chi connectivity index (χ3v) is 2.94. The van der Waals surface area contributed by atoms with Crippen molar-refractivity contribution in [2.75, 3.05) is 7.05 Å².